The van der Waals surface area contributed by atoms with Crippen molar-refractivity contribution < 1.29 is 14.4 Å². The van der Waals surface area contributed by atoms with Crippen molar-refractivity contribution in [2.24, 2.45) is 0 Å². The molecule has 2 amide bonds. The van der Waals surface area contributed by atoms with Gasteiger partial charge in [-0.15, -0.1) is 0 Å². The van der Waals surface area contributed by atoms with Crippen molar-refractivity contribution in [1.29, 1.82) is 0 Å². The molecule has 4 nitrogen and oxygen atoms in total. The standard InChI is InChI=1S/C19H13NO3S/c21-16(11-8-13-4-2-1-3-5-13)15-9-6-14(7-10-15)12-17-18(22)20-19(23)24-17/h1-12H,(H,20,22,23)/b11-8+,17-12-. The number of carbonyl (C=O) groups excluding carboxylic acids is 3. The smallest absolute Gasteiger partial charge is 0.289 e. The lowest BCUT2D eigenvalue weighted by Gasteiger charge is -1.99. The molecule has 0 aromatic heterocycles. The Hall–Kier alpha value is -2.92. The van der Waals surface area contributed by atoms with Crippen molar-refractivity contribution in [3.8, 4) is 0 Å². The predicted octanol–water partition coefficient (Wildman–Crippen LogP) is 3.91. The first-order valence-corrected chi connectivity index (χ1v) is 8.06. The van der Waals surface area contributed by atoms with E-state index in [9.17, 15) is 14.4 Å². The number of amides is 2. The topological polar surface area (TPSA) is 63.2 Å². The average molecular weight is 335 g/mol. The van der Waals surface area contributed by atoms with Crippen molar-refractivity contribution in [2.75, 3.05) is 0 Å². The van der Waals surface area contributed by atoms with Crippen LogP contribution in [-0.2, 0) is 4.79 Å². The lowest BCUT2D eigenvalue weighted by atomic mass is 10.1. The van der Waals surface area contributed by atoms with Crippen molar-refractivity contribution >= 4 is 40.8 Å². The molecule has 0 bridgehead atoms. The molecule has 1 saturated heterocycles. The molecule has 2 aromatic rings. The molecular formula is C19H13NO3S. The first kappa shape index (κ1) is 16.0. The summed E-state index contributed by atoms with van der Waals surface area (Å²) in [5.74, 6) is -0.489. The molecule has 1 heterocycles. The number of ketones is 1. The first-order valence-electron chi connectivity index (χ1n) is 7.24. The van der Waals surface area contributed by atoms with E-state index in [4.69, 9.17) is 0 Å². The predicted molar refractivity (Wildman–Crippen MR) is 95.4 cm³/mol. The van der Waals surface area contributed by atoms with Gasteiger partial charge in [0.15, 0.2) is 5.78 Å². The number of allylic oxidation sites excluding steroid dienone is 1. The van der Waals surface area contributed by atoms with Crippen LogP contribution in [-0.4, -0.2) is 16.9 Å². The van der Waals surface area contributed by atoms with Crippen LogP contribution < -0.4 is 5.32 Å². The first-order chi connectivity index (χ1) is 11.6. The van der Waals surface area contributed by atoms with E-state index in [0.717, 1.165) is 22.9 Å². The van der Waals surface area contributed by atoms with E-state index in [1.165, 1.54) is 6.08 Å². The number of benzene rings is 2. The highest BCUT2D eigenvalue weighted by molar-refractivity contribution is 8.18. The minimum Gasteiger partial charge on any atom is -0.289 e. The third-order valence-electron chi connectivity index (χ3n) is 3.36. The SMILES string of the molecule is O=C1NC(=O)/C(=C/c2ccc(C(=O)/C=C/c3ccccc3)cc2)S1. The molecule has 2 aromatic carbocycles. The minimum absolute atomic E-state index is 0.0961. The van der Waals surface area contributed by atoms with Gasteiger partial charge in [0.25, 0.3) is 11.1 Å². The van der Waals surface area contributed by atoms with E-state index < -0.39 is 5.91 Å². The fraction of sp³-hybridized carbons (Fsp3) is 0. The fourth-order valence-corrected chi connectivity index (χ4v) is 2.83. The lowest BCUT2D eigenvalue weighted by molar-refractivity contribution is -0.115. The lowest BCUT2D eigenvalue weighted by Crippen LogP contribution is -2.17. The molecular weight excluding hydrogens is 322 g/mol. The maximum absolute atomic E-state index is 12.2. The van der Waals surface area contributed by atoms with E-state index in [-0.39, 0.29) is 11.0 Å². The number of thioether (sulfide) groups is 1. The molecule has 0 unspecified atom stereocenters. The number of rotatable bonds is 4. The van der Waals surface area contributed by atoms with Crippen molar-refractivity contribution in [3.63, 3.8) is 0 Å². The van der Waals surface area contributed by atoms with Crippen LogP contribution in [0.3, 0.4) is 0 Å². The molecule has 1 aliphatic heterocycles. The summed E-state index contributed by atoms with van der Waals surface area (Å²) in [6, 6.07) is 16.5. The Kier molecular flexibility index (Phi) is 4.72. The molecule has 24 heavy (non-hydrogen) atoms. The van der Waals surface area contributed by atoms with Gasteiger partial charge in [-0.25, -0.2) is 0 Å². The van der Waals surface area contributed by atoms with Crippen molar-refractivity contribution in [3.05, 3.63) is 82.3 Å². The molecule has 0 aliphatic carbocycles. The van der Waals surface area contributed by atoms with Gasteiger partial charge in [0, 0.05) is 5.56 Å². The normalized spacial score (nSPS) is 15.9. The van der Waals surface area contributed by atoms with Crippen LogP contribution in [0.25, 0.3) is 12.2 Å². The van der Waals surface area contributed by atoms with Crippen LogP contribution in [0.4, 0.5) is 4.79 Å². The zero-order valence-electron chi connectivity index (χ0n) is 12.6. The zero-order chi connectivity index (χ0) is 16.9. The number of carbonyl (C=O) groups is 3. The third-order valence-corrected chi connectivity index (χ3v) is 4.17. The fourth-order valence-electron chi connectivity index (χ4n) is 2.15. The van der Waals surface area contributed by atoms with Crippen molar-refractivity contribution in [2.45, 2.75) is 0 Å². The molecule has 0 saturated carbocycles. The van der Waals surface area contributed by atoms with Gasteiger partial charge >= 0.3 is 0 Å². The summed E-state index contributed by atoms with van der Waals surface area (Å²) in [5.41, 5.74) is 2.27. The molecule has 0 atom stereocenters. The second-order valence-corrected chi connectivity index (χ2v) is 6.10. The minimum atomic E-state index is -0.393. The highest BCUT2D eigenvalue weighted by Crippen LogP contribution is 2.25. The third kappa shape index (κ3) is 3.88. The summed E-state index contributed by atoms with van der Waals surface area (Å²) in [6.45, 7) is 0. The van der Waals surface area contributed by atoms with E-state index >= 15 is 0 Å². The Bertz CT molecular complexity index is 852. The highest BCUT2D eigenvalue weighted by Gasteiger charge is 2.24. The molecule has 1 N–H and O–H groups in total. The highest BCUT2D eigenvalue weighted by atomic mass is 32.2. The number of imide groups is 1. The van der Waals surface area contributed by atoms with Gasteiger partial charge < -0.3 is 0 Å². The Morgan fingerprint density at radius 3 is 2.25 bits per heavy atom. The van der Waals surface area contributed by atoms with Gasteiger partial charge in [-0.2, -0.15) is 0 Å². The zero-order valence-corrected chi connectivity index (χ0v) is 13.4. The van der Waals surface area contributed by atoms with Gasteiger partial charge in [0.2, 0.25) is 0 Å². The molecule has 0 spiro atoms. The number of hydrogen-bond donors (Lipinski definition) is 1. The quantitative estimate of drug-likeness (QED) is 0.680. The van der Waals surface area contributed by atoms with Gasteiger partial charge in [-0.3, -0.25) is 19.7 Å². The summed E-state index contributed by atoms with van der Waals surface area (Å²) in [6.07, 6.45) is 4.92. The van der Waals surface area contributed by atoms with Gasteiger partial charge in [-0.1, -0.05) is 60.7 Å². The second kappa shape index (κ2) is 7.10. The molecule has 118 valence electrons. The van der Waals surface area contributed by atoms with Crippen molar-refractivity contribution in [1.82, 2.24) is 5.32 Å². The summed E-state index contributed by atoms with van der Waals surface area (Å²) < 4.78 is 0. The van der Waals surface area contributed by atoms with Crippen LogP contribution in [0.1, 0.15) is 21.5 Å². The molecule has 1 aliphatic rings. The average Bonchev–Trinajstić information content (AvgIpc) is 2.91. The molecule has 3 rings (SSSR count). The summed E-state index contributed by atoms with van der Waals surface area (Å²) in [7, 11) is 0. The van der Waals surface area contributed by atoms with Gasteiger partial charge in [0.05, 0.1) is 4.91 Å². The van der Waals surface area contributed by atoms with Gasteiger partial charge in [-0.05, 0) is 35.0 Å². The number of nitrogens with one attached hydrogen (secondary N) is 1. The maximum Gasteiger partial charge on any atom is 0.290 e. The summed E-state index contributed by atoms with van der Waals surface area (Å²) >= 11 is 0.868. The molecule has 0 radical (unpaired) electrons. The van der Waals surface area contributed by atoms with Crippen LogP contribution in [0.2, 0.25) is 0 Å². The Morgan fingerprint density at radius 2 is 1.62 bits per heavy atom. The van der Waals surface area contributed by atoms with E-state index in [0.29, 0.717) is 10.5 Å². The second-order valence-electron chi connectivity index (χ2n) is 5.08. The van der Waals surface area contributed by atoms with E-state index in [1.807, 2.05) is 30.3 Å². The van der Waals surface area contributed by atoms with E-state index in [2.05, 4.69) is 5.32 Å². The summed E-state index contributed by atoms with van der Waals surface area (Å²) in [5, 5.41) is 1.83. The Labute approximate surface area is 143 Å². The largest absolute Gasteiger partial charge is 0.290 e. The molecule has 5 heteroatoms. The Balaban J connectivity index is 1.71. The summed E-state index contributed by atoms with van der Waals surface area (Å²) in [4.78, 5) is 35.1. The maximum atomic E-state index is 12.2. The van der Waals surface area contributed by atoms with Crippen LogP contribution in [0.15, 0.2) is 65.6 Å². The monoisotopic (exact) mass is 335 g/mol. The van der Waals surface area contributed by atoms with E-state index in [1.54, 1.807) is 36.4 Å². The van der Waals surface area contributed by atoms with Crippen LogP contribution >= 0.6 is 11.8 Å². The van der Waals surface area contributed by atoms with Crippen LogP contribution in [0, 0.1) is 0 Å². The van der Waals surface area contributed by atoms with Gasteiger partial charge in [0.1, 0.15) is 0 Å². The molecule has 1 fully saturated rings. The number of hydrogen-bond acceptors (Lipinski definition) is 4. The Morgan fingerprint density at radius 1 is 0.917 bits per heavy atom. The van der Waals surface area contributed by atoms with Crippen LogP contribution in [0.5, 0.6) is 0 Å².